The number of rotatable bonds is 5. The molecule has 0 aromatic heterocycles. The molecule has 0 fully saturated rings. The maximum atomic E-state index is 13.0. The molecule has 2 N–H and O–H groups in total. The number of hydrogen-bond donors (Lipinski definition) is 2. The van der Waals surface area contributed by atoms with Crippen LogP contribution >= 0.6 is 11.8 Å². The molecule has 0 spiro atoms. The largest absolute Gasteiger partial charge is 0.326 e. The van der Waals surface area contributed by atoms with Gasteiger partial charge in [-0.2, -0.15) is 0 Å². The number of sulfone groups is 1. The van der Waals surface area contributed by atoms with Gasteiger partial charge < -0.3 is 10.6 Å². The van der Waals surface area contributed by atoms with Crippen molar-refractivity contribution in [2.24, 2.45) is 0 Å². The van der Waals surface area contributed by atoms with Crippen molar-refractivity contribution in [1.29, 1.82) is 0 Å². The summed E-state index contributed by atoms with van der Waals surface area (Å²) in [4.78, 5) is 25.1. The number of benzene rings is 2. The fraction of sp³-hybridized carbons (Fsp3) is 0.333. The predicted molar refractivity (Wildman–Crippen MR) is 116 cm³/mol. The molecule has 1 aliphatic heterocycles. The molecular formula is C21H24N2O4S2. The van der Waals surface area contributed by atoms with Crippen LogP contribution in [0.4, 0.5) is 11.4 Å². The van der Waals surface area contributed by atoms with Crippen molar-refractivity contribution in [3.8, 4) is 0 Å². The van der Waals surface area contributed by atoms with E-state index in [4.69, 9.17) is 0 Å². The van der Waals surface area contributed by atoms with Crippen LogP contribution in [-0.4, -0.2) is 31.2 Å². The van der Waals surface area contributed by atoms with Gasteiger partial charge in [0.1, 0.15) is 0 Å². The first-order chi connectivity index (χ1) is 13.6. The number of hydrogen-bond acceptors (Lipinski definition) is 5. The van der Waals surface area contributed by atoms with Crippen molar-refractivity contribution in [2.45, 2.75) is 48.7 Å². The third-order valence-electron chi connectivity index (χ3n) is 4.65. The molecule has 1 atom stereocenters. The van der Waals surface area contributed by atoms with Gasteiger partial charge >= 0.3 is 0 Å². The zero-order valence-electron chi connectivity index (χ0n) is 16.6. The van der Waals surface area contributed by atoms with E-state index in [0.717, 1.165) is 16.0 Å². The Morgan fingerprint density at radius 3 is 2.55 bits per heavy atom. The van der Waals surface area contributed by atoms with Gasteiger partial charge in [0.15, 0.2) is 9.84 Å². The summed E-state index contributed by atoms with van der Waals surface area (Å²) in [6.07, 6.45) is 0.226. The predicted octanol–water partition coefficient (Wildman–Crippen LogP) is 3.93. The van der Waals surface area contributed by atoms with Crippen LogP contribution in [0.5, 0.6) is 0 Å². The molecule has 0 saturated heterocycles. The van der Waals surface area contributed by atoms with Crippen molar-refractivity contribution < 1.29 is 18.0 Å². The summed E-state index contributed by atoms with van der Waals surface area (Å²) >= 11 is 1.51. The van der Waals surface area contributed by atoms with Gasteiger partial charge in [0.2, 0.25) is 11.8 Å². The lowest BCUT2D eigenvalue weighted by Crippen LogP contribution is -2.25. The molecule has 3 rings (SSSR count). The van der Waals surface area contributed by atoms with E-state index < -0.39 is 15.1 Å². The molecular weight excluding hydrogens is 408 g/mol. The van der Waals surface area contributed by atoms with Gasteiger partial charge in [0.25, 0.3) is 0 Å². The fourth-order valence-corrected chi connectivity index (χ4v) is 5.55. The minimum Gasteiger partial charge on any atom is -0.326 e. The lowest BCUT2D eigenvalue weighted by molar-refractivity contribution is -0.116. The summed E-state index contributed by atoms with van der Waals surface area (Å²) < 4.78 is 26.0. The van der Waals surface area contributed by atoms with Gasteiger partial charge in [0, 0.05) is 29.2 Å². The number of anilines is 2. The monoisotopic (exact) mass is 432 g/mol. The number of nitrogens with one attached hydrogen (secondary N) is 2. The normalized spacial score (nSPS) is 15.1. The second-order valence-electron chi connectivity index (χ2n) is 7.29. The summed E-state index contributed by atoms with van der Waals surface area (Å²) in [5.41, 5.74) is 3.20. The standard InChI is InChI=1S/C21H24N2O4S2/c1-13-8-14(2)10-16(9-13)22-21(25)11-15(3)29(26,27)17-4-5-19-18(12-17)23-20(24)6-7-28-19/h4-5,8-10,12,15H,6-7,11H2,1-3H3,(H,22,25)(H,23,24)/t15-/m1/s1. The summed E-state index contributed by atoms with van der Waals surface area (Å²) in [6.45, 7) is 5.39. The average Bonchev–Trinajstić information content (AvgIpc) is 2.80. The molecule has 0 unspecified atom stereocenters. The Hall–Kier alpha value is -2.32. The van der Waals surface area contributed by atoms with E-state index in [1.807, 2.05) is 32.0 Å². The van der Waals surface area contributed by atoms with Gasteiger partial charge in [-0.05, 0) is 62.2 Å². The van der Waals surface area contributed by atoms with Crippen LogP contribution in [0.1, 0.15) is 30.9 Å². The van der Waals surface area contributed by atoms with E-state index in [1.54, 1.807) is 6.07 Å². The number of thioether (sulfide) groups is 1. The first-order valence-electron chi connectivity index (χ1n) is 9.34. The maximum Gasteiger partial charge on any atom is 0.225 e. The average molecular weight is 433 g/mol. The molecule has 0 aliphatic carbocycles. The highest BCUT2D eigenvalue weighted by Gasteiger charge is 2.27. The van der Waals surface area contributed by atoms with Crippen molar-refractivity contribution in [3.63, 3.8) is 0 Å². The van der Waals surface area contributed by atoms with Crippen molar-refractivity contribution >= 4 is 44.8 Å². The molecule has 2 amide bonds. The minimum atomic E-state index is -3.73. The lowest BCUT2D eigenvalue weighted by Gasteiger charge is -2.15. The summed E-state index contributed by atoms with van der Waals surface area (Å²) in [7, 11) is -3.73. The summed E-state index contributed by atoms with van der Waals surface area (Å²) in [5, 5.41) is 4.63. The molecule has 0 bridgehead atoms. The zero-order valence-corrected chi connectivity index (χ0v) is 18.2. The number of carbonyl (C=O) groups excluding carboxylic acids is 2. The second kappa shape index (κ2) is 8.59. The number of fused-ring (bicyclic) bond motifs is 1. The summed E-state index contributed by atoms with van der Waals surface area (Å²) in [5.74, 6) is 0.163. The minimum absolute atomic E-state index is 0.103. The zero-order chi connectivity index (χ0) is 21.2. The highest BCUT2D eigenvalue weighted by atomic mass is 32.2. The molecule has 1 heterocycles. The molecule has 0 radical (unpaired) electrons. The molecule has 8 heteroatoms. The molecule has 2 aromatic rings. The van der Waals surface area contributed by atoms with Crippen LogP contribution in [0.3, 0.4) is 0 Å². The van der Waals surface area contributed by atoms with Gasteiger partial charge in [-0.1, -0.05) is 6.07 Å². The van der Waals surface area contributed by atoms with Crippen molar-refractivity contribution in [2.75, 3.05) is 16.4 Å². The van der Waals surface area contributed by atoms with E-state index in [2.05, 4.69) is 10.6 Å². The van der Waals surface area contributed by atoms with E-state index in [-0.39, 0.29) is 23.1 Å². The highest BCUT2D eigenvalue weighted by molar-refractivity contribution is 7.99. The van der Waals surface area contributed by atoms with Crippen molar-refractivity contribution in [3.05, 3.63) is 47.5 Å². The van der Waals surface area contributed by atoms with Crippen LogP contribution in [0.2, 0.25) is 0 Å². The third-order valence-corrected chi connectivity index (χ3v) is 7.86. The Morgan fingerprint density at radius 2 is 1.86 bits per heavy atom. The van der Waals surface area contributed by atoms with Gasteiger partial charge in [-0.25, -0.2) is 8.42 Å². The third kappa shape index (κ3) is 5.19. The van der Waals surface area contributed by atoms with Crippen LogP contribution in [0, 0.1) is 13.8 Å². The van der Waals surface area contributed by atoms with Crippen LogP contribution in [0.15, 0.2) is 46.2 Å². The number of amides is 2. The van der Waals surface area contributed by atoms with E-state index in [9.17, 15) is 18.0 Å². The highest BCUT2D eigenvalue weighted by Crippen LogP contribution is 2.33. The Balaban J connectivity index is 1.75. The Bertz CT molecular complexity index is 1040. The van der Waals surface area contributed by atoms with Crippen LogP contribution < -0.4 is 10.6 Å². The van der Waals surface area contributed by atoms with E-state index in [0.29, 0.717) is 23.5 Å². The van der Waals surface area contributed by atoms with Crippen molar-refractivity contribution in [1.82, 2.24) is 0 Å². The smallest absolute Gasteiger partial charge is 0.225 e. The second-order valence-corrected chi connectivity index (χ2v) is 10.8. The maximum absolute atomic E-state index is 13.0. The number of aryl methyl sites for hydroxylation is 2. The van der Waals surface area contributed by atoms with Gasteiger partial charge in [-0.15, -0.1) is 11.8 Å². The quantitative estimate of drug-likeness (QED) is 0.747. The summed E-state index contributed by atoms with van der Waals surface area (Å²) in [6, 6.07) is 10.4. The first kappa shape index (κ1) is 21.4. The van der Waals surface area contributed by atoms with Crippen LogP contribution in [-0.2, 0) is 19.4 Å². The molecule has 0 saturated carbocycles. The molecule has 29 heavy (non-hydrogen) atoms. The lowest BCUT2D eigenvalue weighted by atomic mass is 10.1. The molecule has 6 nitrogen and oxygen atoms in total. The van der Waals surface area contributed by atoms with Gasteiger partial charge in [-0.3, -0.25) is 9.59 Å². The van der Waals surface area contributed by atoms with Gasteiger partial charge in [0.05, 0.1) is 15.8 Å². The molecule has 1 aliphatic rings. The topological polar surface area (TPSA) is 92.3 Å². The van der Waals surface area contributed by atoms with Crippen LogP contribution in [0.25, 0.3) is 0 Å². The van der Waals surface area contributed by atoms with E-state index in [1.165, 1.54) is 30.8 Å². The Kier molecular flexibility index (Phi) is 6.33. The Labute approximate surface area is 175 Å². The fourth-order valence-electron chi connectivity index (χ4n) is 3.24. The molecule has 2 aromatic carbocycles. The molecule has 154 valence electrons. The van der Waals surface area contributed by atoms with E-state index >= 15 is 0 Å². The Morgan fingerprint density at radius 1 is 1.17 bits per heavy atom. The SMILES string of the molecule is Cc1cc(C)cc(NC(=O)C[C@@H](C)S(=O)(=O)c2ccc3c(c2)NC(=O)CCS3)c1. The first-order valence-corrected chi connectivity index (χ1v) is 11.9. The number of carbonyl (C=O) groups is 2.